The molecule has 2 rings (SSSR count). The molecule has 0 fully saturated rings. The molecular weight excluding hydrogens is 314 g/mol. The first-order valence-corrected chi connectivity index (χ1v) is 8.83. The van der Waals surface area contributed by atoms with Crippen molar-refractivity contribution in [1.82, 2.24) is 9.97 Å². The Kier molecular flexibility index (Phi) is 6.74. The van der Waals surface area contributed by atoms with Crippen LogP contribution in [0.1, 0.15) is 39.4 Å². The van der Waals surface area contributed by atoms with Crippen molar-refractivity contribution in [1.29, 1.82) is 0 Å². The fourth-order valence-corrected chi connectivity index (χ4v) is 2.56. The van der Waals surface area contributed by atoms with Gasteiger partial charge in [-0.1, -0.05) is 6.92 Å². The molecule has 0 spiro atoms. The predicted molar refractivity (Wildman–Crippen MR) is 104 cm³/mol. The van der Waals surface area contributed by atoms with Crippen molar-refractivity contribution in [2.45, 2.75) is 40.5 Å². The summed E-state index contributed by atoms with van der Waals surface area (Å²) in [4.78, 5) is 22.8. The molecule has 6 nitrogen and oxygen atoms in total. The molecular formula is C19H27N5O. The van der Waals surface area contributed by atoms with E-state index in [2.05, 4.69) is 39.3 Å². The summed E-state index contributed by atoms with van der Waals surface area (Å²) >= 11 is 0. The Bertz CT molecular complexity index is 695. The number of aryl methyl sites for hydroxylation is 1. The first-order chi connectivity index (χ1) is 12.0. The van der Waals surface area contributed by atoms with Gasteiger partial charge < -0.3 is 15.5 Å². The summed E-state index contributed by atoms with van der Waals surface area (Å²) in [7, 11) is 0. The summed E-state index contributed by atoms with van der Waals surface area (Å²) in [6.45, 7) is 9.91. The molecule has 0 aliphatic carbocycles. The third kappa shape index (κ3) is 5.45. The normalized spacial score (nSPS) is 10.4. The van der Waals surface area contributed by atoms with Gasteiger partial charge in [0.25, 0.3) is 0 Å². The Labute approximate surface area is 149 Å². The lowest BCUT2D eigenvalue weighted by atomic mass is 10.2. The third-order valence-electron chi connectivity index (χ3n) is 3.83. The van der Waals surface area contributed by atoms with Gasteiger partial charge >= 0.3 is 0 Å². The molecule has 1 aromatic carbocycles. The van der Waals surface area contributed by atoms with Crippen LogP contribution in [0.3, 0.4) is 0 Å². The maximum absolute atomic E-state index is 11.6. The Morgan fingerprint density at radius 2 is 1.68 bits per heavy atom. The SMILES string of the molecule is CCCC(=O)Nc1ccc(Nc2cc(N(CC)CC)nc(C)n2)cc1. The summed E-state index contributed by atoms with van der Waals surface area (Å²) in [5.74, 6) is 2.45. The van der Waals surface area contributed by atoms with Crippen LogP contribution in [0.25, 0.3) is 0 Å². The van der Waals surface area contributed by atoms with Crippen molar-refractivity contribution in [3.8, 4) is 0 Å². The first kappa shape index (κ1) is 18.7. The topological polar surface area (TPSA) is 70.2 Å². The van der Waals surface area contributed by atoms with Gasteiger partial charge in [-0.2, -0.15) is 0 Å². The molecule has 1 aromatic heterocycles. The predicted octanol–water partition coefficient (Wildman–Crippen LogP) is 4.11. The van der Waals surface area contributed by atoms with Gasteiger partial charge in [-0.15, -0.1) is 0 Å². The number of nitrogens with zero attached hydrogens (tertiary/aromatic N) is 3. The molecule has 0 atom stereocenters. The summed E-state index contributed by atoms with van der Waals surface area (Å²) in [6.07, 6.45) is 1.38. The molecule has 1 heterocycles. The highest BCUT2D eigenvalue weighted by atomic mass is 16.1. The quantitative estimate of drug-likeness (QED) is 0.756. The minimum Gasteiger partial charge on any atom is -0.357 e. The van der Waals surface area contributed by atoms with Gasteiger partial charge in [0.15, 0.2) is 0 Å². The van der Waals surface area contributed by atoms with Gasteiger partial charge in [0.1, 0.15) is 17.5 Å². The summed E-state index contributed by atoms with van der Waals surface area (Å²) in [6, 6.07) is 9.58. The highest BCUT2D eigenvalue weighted by Crippen LogP contribution is 2.21. The molecule has 0 saturated carbocycles. The van der Waals surface area contributed by atoms with Crippen molar-refractivity contribution in [2.24, 2.45) is 0 Å². The second-order valence-corrected chi connectivity index (χ2v) is 5.83. The van der Waals surface area contributed by atoms with Crippen LogP contribution in [0.2, 0.25) is 0 Å². The first-order valence-electron chi connectivity index (χ1n) is 8.83. The number of hydrogen-bond donors (Lipinski definition) is 2. The van der Waals surface area contributed by atoms with Crippen molar-refractivity contribution in [3.63, 3.8) is 0 Å². The molecule has 1 amide bonds. The van der Waals surface area contributed by atoms with E-state index in [1.807, 2.05) is 44.2 Å². The zero-order chi connectivity index (χ0) is 18.2. The molecule has 25 heavy (non-hydrogen) atoms. The van der Waals surface area contributed by atoms with E-state index in [-0.39, 0.29) is 5.91 Å². The van der Waals surface area contributed by atoms with Crippen LogP contribution in [0, 0.1) is 6.92 Å². The number of carbonyl (C=O) groups is 1. The average Bonchev–Trinajstić information content (AvgIpc) is 2.57. The van der Waals surface area contributed by atoms with Gasteiger partial charge in [0.2, 0.25) is 5.91 Å². The zero-order valence-corrected chi connectivity index (χ0v) is 15.5. The van der Waals surface area contributed by atoms with E-state index in [0.29, 0.717) is 6.42 Å². The Morgan fingerprint density at radius 3 is 2.28 bits per heavy atom. The Balaban J connectivity index is 2.10. The van der Waals surface area contributed by atoms with E-state index in [1.165, 1.54) is 0 Å². The number of amides is 1. The second kappa shape index (κ2) is 9.01. The monoisotopic (exact) mass is 341 g/mol. The lowest BCUT2D eigenvalue weighted by Gasteiger charge is -2.20. The van der Waals surface area contributed by atoms with Gasteiger partial charge in [-0.25, -0.2) is 9.97 Å². The van der Waals surface area contributed by atoms with Gasteiger partial charge in [-0.3, -0.25) is 4.79 Å². The van der Waals surface area contributed by atoms with Crippen molar-refractivity contribution in [2.75, 3.05) is 28.6 Å². The lowest BCUT2D eigenvalue weighted by molar-refractivity contribution is -0.116. The molecule has 6 heteroatoms. The fourth-order valence-electron chi connectivity index (χ4n) is 2.56. The number of aromatic nitrogens is 2. The molecule has 2 aromatic rings. The number of hydrogen-bond acceptors (Lipinski definition) is 5. The van der Waals surface area contributed by atoms with Crippen LogP contribution in [0.5, 0.6) is 0 Å². The van der Waals surface area contributed by atoms with E-state index < -0.39 is 0 Å². The maximum atomic E-state index is 11.6. The largest absolute Gasteiger partial charge is 0.357 e. The fraction of sp³-hybridized carbons (Fsp3) is 0.421. The molecule has 0 bridgehead atoms. The Hall–Kier alpha value is -2.63. The minimum atomic E-state index is 0.0403. The van der Waals surface area contributed by atoms with Crippen LogP contribution < -0.4 is 15.5 Å². The van der Waals surface area contributed by atoms with Crippen LogP contribution >= 0.6 is 0 Å². The number of carbonyl (C=O) groups excluding carboxylic acids is 1. The van der Waals surface area contributed by atoms with Crippen LogP contribution in [0.4, 0.5) is 23.0 Å². The highest BCUT2D eigenvalue weighted by molar-refractivity contribution is 5.90. The number of nitrogens with one attached hydrogen (secondary N) is 2. The zero-order valence-electron chi connectivity index (χ0n) is 15.5. The van der Waals surface area contributed by atoms with Crippen molar-refractivity contribution >= 4 is 28.9 Å². The number of rotatable bonds is 8. The van der Waals surface area contributed by atoms with Gasteiger partial charge in [0, 0.05) is 37.0 Å². The van der Waals surface area contributed by atoms with Gasteiger partial charge in [-0.05, 0) is 51.5 Å². The molecule has 0 aliphatic heterocycles. The third-order valence-corrected chi connectivity index (χ3v) is 3.83. The summed E-state index contributed by atoms with van der Waals surface area (Å²) in [5, 5.41) is 6.19. The smallest absolute Gasteiger partial charge is 0.224 e. The number of anilines is 4. The van der Waals surface area contributed by atoms with E-state index >= 15 is 0 Å². The van der Waals surface area contributed by atoms with Crippen LogP contribution in [-0.2, 0) is 4.79 Å². The molecule has 0 saturated heterocycles. The number of benzene rings is 1. The van der Waals surface area contributed by atoms with E-state index in [0.717, 1.165) is 48.3 Å². The van der Waals surface area contributed by atoms with Gasteiger partial charge in [0.05, 0.1) is 0 Å². The maximum Gasteiger partial charge on any atom is 0.224 e. The summed E-state index contributed by atoms with van der Waals surface area (Å²) < 4.78 is 0. The molecule has 0 aliphatic rings. The van der Waals surface area contributed by atoms with E-state index in [1.54, 1.807) is 0 Å². The lowest BCUT2D eigenvalue weighted by Crippen LogP contribution is -2.23. The van der Waals surface area contributed by atoms with Crippen LogP contribution in [0.15, 0.2) is 30.3 Å². The molecule has 2 N–H and O–H groups in total. The summed E-state index contributed by atoms with van der Waals surface area (Å²) in [5.41, 5.74) is 1.71. The Morgan fingerprint density at radius 1 is 1.04 bits per heavy atom. The molecule has 0 radical (unpaired) electrons. The van der Waals surface area contributed by atoms with E-state index in [9.17, 15) is 4.79 Å². The van der Waals surface area contributed by atoms with Crippen molar-refractivity contribution in [3.05, 3.63) is 36.2 Å². The van der Waals surface area contributed by atoms with E-state index in [4.69, 9.17) is 0 Å². The van der Waals surface area contributed by atoms with Crippen molar-refractivity contribution < 1.29 is 4.79 Å². The highest BCUT2D eigenvalue weighted by Gasteiger charge is 2.08. The van der Waals surface area contributed by atoms with Crippen LogP contribution in [-0.4, -0.2) is 29.0 Å². The minimum absolute atomic E-state index is 0.0403. The molecule has 134 valence electrons. The standard InChI is InChI=1S/C19H27N5O/c1-5-8-19(25)23-16-11-9-15(10-12-16)22-17-13-18(21-14(4)20-17)24(6-2)7-3/h9-13H,5-8H2,1-4H3,(H,23,25)(H,20,21,22). The molecule has 0 unspecified atom stereocenters. The average molecular weight is 341 g/mol. The second-order valence-electron chi connectivity index (χ2n) is 5.83.